The van der Waals surface area contributed by atoms with Crippen molar-refractivity contribution >= 4 is 35.0 Å². The summed E-state index contributed by atoms with van der Waals surface area (Å²) in [5.41, 5.74) is 6.78. The first-order valence-electron chi connectivity index (χ1n) is 12.4. The number of carbonyl (C=O) groups excluding carboxylic acids is 1. The topological polar surface area (TPSA) is 65.6 Å². The van der Waals surface area contributed by atoms with Crippen LogP contribution >= 0.6 is 22.9 Å². The van der Waals surface area contributed by atoms with Gasteiger partial charge >= 0.3 is 5.97 Å². The fourth-order valence-corrected chi connectivity index (χ4v) is 6.08. The van der Waals surface area contributed by atoms with Crippen molar-refractivity contribution in [1.29, 1.82) is 0 Å². The first kappa shape index (κ1) is 25.9. The highest BCUT2D eigenvalue weighted by Gasteiger charge is 2.33. The molecule has 4 aromatic rings. The number of hydrogen-bond donors (Lipinski definition) is 0. The standard InChI is InChI=1S/C30H28ClN3O3S/c1-6-37-29(36)26-19(4)32-30-34(27(26)21-9-11-23(31)12-10-21)28(35)25(38-30)16-22-15-18(3)33(20(22)5)24-13-7-17(2)8-14-24/h7-16,27H,6H2,1-5H3/b25-16-/t27-/m0/s1. The second-order valence-electron chi connectivity index (χ2n) is 9.35. The minimum absolute atomic E-state index is 0.205. The summed E-state index contributed by atoms with van der Waals surface area (Å²) in [5.74, 6) is -0.482. The third-order valence-corrected chi connectivity index (χ3v) is 7.99. The molecule has 5 rings (SSSR count). The van der Waals surface area contributed by atoms with E-state index in [-0.39, 0.29) is 12.2 Å². The summed E-state index contributed by atoms with van der Waals surface area (Å²) >= 11 is 7.46. The Labute approximate surface area is 229 Å². The number of rotatable bonds is 5. The smallest absolute Gasteiger partial charge is 0.338 e. The number of fused-ring (bicyclic) bond motifs is 1. The van der Waals surface area contributed by atoms with Crippen molar-refractivity contribution < 1.29 is 9.53 Å². The molecular weight excluding hydrogens is 518 g/mol. The van der Waals surface area contributed by atoms with Crippen molar-refractivity contribution in [2.45, 2.75) is 40.7 Å². The van der Waals surface area contributed by atoms with Crippen LogP contribution in [0, 0.1) is 20.8 Å². The molecular formula is C30H28ClN3O3S. The van der Waals surface area contributed by atoms with Crippen molar-refractivity contribution in [3.8, 4) is 5.69 Å². The van der Waals surface area contributed by atoms with E-state index in [2.05, 4.69) is 60.7 Å². The van der Waals surface area contributed by atoms with Crippen LogP contribution in [0.4, 0.5) is 0 Å². The highest BCUT2D eigenvalue weighted by molar-refractivity contribution is 7.07. The van der Waals surface area contributed by atoms with Gasteiger partial charge in [0, 0.05) is 22.1 Å². The number of carbonyl (C=O) groups is 1. The highest BCUT2D eigenvalue weighted by atomic mass is 35.5. The molecule has 8 heteroatoms. The number of nitrogens with zero attached hydrogens (tertiary/aromatic N) is 3. The van der Waals surface area contributed by atoms with E-state index in [1.54, 1.807) is 30.5 Å². The average molecular weight is 546 g/mol. The molecule has 0 bridgehead atoms. The Kier molecular flexibility index (Phi) is 6.99. The zero-order valence-electron chi connectivity index (χ0n) is 21.9. The zero-order chi connectivity index (χ0) is 27.1. The lowest BCUT2D eigenvalue weighted by Gasteiger charge is -2.24. The van der Waals surface area contributed by atoms with Crippen LogP contribution in [-0.4, -0.2) is 21.7 Å². The number of aryl methyl sites for hydroxylation is 2. The number of hydrogen-bond acceptors (Lipinski definition) is 5. The summed E-state index contributed by atoms with van der Waals surface area (Å²) in [6.07, 6.45) is 1.92. The van der Waals surface area contributed by atoms with E-state index < -0.39 is 12.0 Å². The number of allylic oxidation sites excluding steroid dienone is 1. The van der Waals surface area contributed by atoms with Gasteiger partial charge in [-0.25, -0.2) is 9.79 Å². The molecule has 0 saturated carbocycles. The van der Waals surface area contributed by atoms with Crippen molar-refractivity contribution in [3.63, 3.8) is 0 Å². The molecule has 0 N–H and O–H groups in total. The van der Waals surface area contributed by atoms with E-state index in [4.69, 9.17) is 16.3 Å². The van der Waals surface area contributed by atoms with Gasteiger partial charge in [-0.2, -0.15) is 0 Å². The zero-order valence-corrected chi connectivity index (χ0v) is 23.5. The van der Waals surface area contributed by atoms with E-state index in [0.717, 1.165) is 28.2 Å². The molecule has 1 aliphatic rings. The fourth-order valence-electron chi connectivity index (χ4n) is 4.92. The Morgan fingerprint density at radius 1 is 1.08 bits per heavy atom. The molecule has 0 aliphatic carbocycles. The molecule has 0 saturated heterocycles. The quantitative estimate of drug-likeness (QED) is 0.325. The van der Waals surface area contributed by atoms with Crippen LogP contribution in [-0.2, 0) is 9.53 Å². The number of esters is 1. The van der Waals surface area contributed by atoms with Crippen molar-refractivity contribution in [3.05, 3.63) is 119 Å². The summed E-state index contributed by atoms with van der Waals surface area (Å²) in [5, 5.41) is 0.573. The monoisotopic (exact) mass is 545 g/mol. The Morgan fingerprint density at radius 3 is 2.42 bits per heavy atom. The average Bonchev–Trinajstić information content (AvgIpc) is 3.34. The third-order valence-electron chi connectivity index (χ3n) is 6.75. The van der Waals surface area contributed by atoms with Crippen molar-refractivity contribution in [2.24, 2.45) is 4.99 Å². The number of thiazole rings is 1. The lowest BCUT2D eigenvalue weighted by atomic mass is 9.96. The van der Waals surface area contributed by atoms with Gasteiger partial charge in [0.1, 0.15) is 0 Å². The van der Waals surface area contributed by atoms with Gasteiger partial charge in [0.15, 0.2) is 4.80 Å². The molecule has 1 aliphatic heterocycles. The van der Waals surface area contributed by atoms with Crippen LogP contribution in [0.2, 0.25) is 5.02 Å². The minimum atomic E-state index is -0.662. The van der Waals surface area contributed by atoms with E-state index in [1.807, 2.05) is 18.2 Å². The van der Waals surface area contributed by atoms with Gasteiger partial charge in [0.25, 0.3) is 5.56 Å². The Balaban J connectivity index is 1.68. The summed E-state index contributed by atoms with van der Waals surface area (Å²) in [6.45, 7) is 9.94. The molecule has 194 valence electrons. The second kappa shape index (κ2) is 10.2. The van der Waals surface area contributed by atoms with Crippen molar-refractivity contribution in [1.82, 2.24) is 9.13 Å². The van der Waals surface area contributed by atoms with Crippen molar-refractivity contribution in [2.75, 3.05) is 6.61 Å². The maximum Gasteiger partial charge on any atom is 0.338 e. The Morgan fingerprint density at radius 2 is 1.76 bits per heavy atom. The maximum atomic E-state index is 13.9. The Bertz CT molecular complexity index is 1760. The predicted molar refractivity (Wildman–Crippen MR) is 152 cm³/mol. The molecule has 0 amide bonds. The van der Waals surface area contributed by atoms with Gasteiger partial charge in [-0.1, -0.05) is 52.8 Å². The van der Waals surface area contributed by atoms with E-state index in [1.165, 1.54) is 16.9 Å². The van der Waals surface area contributed by atoms with E-state index >= 15 is 0 Å². The number of ether oxygens (including phenoxy) is 1. The summed E-state index contributed by atoms with van der Waals surface area (Å²) in [7, 11) is 0. The number of benzene rings is 2. The van der Waals surface area contributed by atoms with Gasteiger partial charge in [0.2, 0.25) is 0 Å². The van der Waals surface area contributed by atoms with Crippen LogP contribution in [0.25, 0.3) is 11.8 Å². The van der Waals surface area contributed by atoms with Gasteiger partial charge in [-0.3, -0.25) is 9.36 Å². The summed E-state index contributed by atoms with van der Waals surface area (Å²) in [4.78, 5) is 32.1. The maximum absolute atomic E-state index is 13.9. The van der Waals surface area contributed by atoms with Gasteiger partial charge < -0.3 is 9.30 Å². The molecule has 0 fully saturated rings. The van der Waals surface area contributed by atoms with E-state index in [0.29, 0.717) is 25.6 Å². The SMILES string of the molecule is CCOC(=O)C1=C(C)N=c2s/c(=C\c3cc(C)n(-c4ccc(C)cc4)c3C)c(=O)n2[C@H]1c1ccc(Cl)cc1. The summed E-state index contributed by atoms with van der Waals surface area (Å²) < 4.78 is 9.68. The number of aromatic nitrogens is 2. The fraction of sp³-hybridized carbons (Fsp3) is 0.233. The molecule has 1 atom stereocenters. The van der Waals surface area contributed by atoms with Gasteiger partial charge in [-0.15, -0.1) is 0 Å². The second-order valence-corrected chi connectivity index (χ2v) is 10.8. The molecule has 0 unspecified atom stereocenters. The largest absolute Gasteiger partial charge is 0.463 e. The minimum Gasteiger partial charge on any atom is -0.463 e. The van der Waals surface area contributed by atoms with Crippen LogP contribution in [0.3, 0.4) is 0 Å². The highest BCUT2D eigenvalue weighted by Crippen LogP contribution is 2.31. The normalized spacial score (nSPS) is 15.4. The lowest BCUT2D eigenvalue weighted by Crippen LogP contribution is -2.39. The molecule has 0 spiro atoms. The summed E-state index contributed by atoms with van der Waals surface area (Å²) in [6, 6.07) is 17.0. The van der Waals surface area contributed by atoms with Crippen LogP contribution in [0.15, 0.2) is 75.7 Å². The van der Waals surface area contributed by atoms with E-state index in [9.17, 15) is 9.59 Å². The first-order valence-corrected chi connectivity index (χ1v) is 13.6. The van der Waals surface area contributed by atoms with Crippen LogP contribution < -0.4 is 14.9 Å². The molecule has 2 aromatic heterocycles. The molecule has 0 radical (unpaired) electrons. The lowest BCUT2D eigenvalue weighted by molar-refractivity contribution is -0.139. The predicted octanol–water partition coefficient (Wildman–Crippen LogP) is 5.17. The van der Waals surface area contributed by atoms with Crippen LogP contribution in [0.1, 0.15) is 48.0 Å². The first-order chi connectivity index (χ1) is 18.2. The molecule has 2 aromatic carbocycles. The molecule has 3 heterocycles. The Hall–Kier alpha value is -3.68. The van der Waals surface area contributed by atoms with Gasteiger partial charge in [0.05, 0.1) is 28.5 Å². The molecule has 38 heavy (non-hydrogen) atoms. The van der Waals surface area contributed by atoms with Gasteiger partial charge in [-0.05, 0) is 82.2 Å². The van der Waals surface area contributed by atoms with Crippen LogP contribution in [0.5, 0.6) is 0 Å². The number of halogens is 1. The molecule has 6 nitrogen and oxygen atoms in total. The third kappa shape index (κ3) is 4.57.